The first kappa shape index (κ1) is 15.6. The molecule has 1 fully saturated rings. The second-order valence-electron chi connectivity index (χ2n) is 5.94. The smallest absolute Gasteiger partial charge is 0.231 e. The number of amides is 1. The summed E-state index contributed by atoms with van der Waals surface area (Å²) in [5, 5.41) is 11.3. The van der Waals surface area contributed by atoms with E-state index in [1.165, 1.54) is 16.6 Å². The molecule has 2 aromatic heterocycles. The highest BCUT2D eigenvalue weighted by Crippen LogP contribution is 2.40. The van der Waals surface area contributed by atoms with Gasteiger partial charge < -0.3 is 10.3 Å². The molecule has 0 aliphatic heterocycles. The Hall–Kier alpha value is -1.34. The molecule has 1 saturated carbocycles. The molecule has 0 bridgehead atoms. The molecule has 2 aromatic rings. The lowest BCUT2D eigenvalue weighted by Crippen LogP contribution is -2.30. The van der Waals surface area contributed by atoms with Crippen LogP contribution in [-0.4, -0.2) is 25.9 Å². The number of hydrogen-bond acceptors (Lipinski definition) is 5. The average Bonchev–Trinajstić information content (AvgIpc) is 3.01. The molecule has 2 N–H and O–H groups in total. The normalized spacial score (nSPS) is 16.1. The maximum Gasteiger partial charge on any atom is 0.231 e. The highest BCUT2D eigenvalue weighted by Gasteiger charge is 2.32. The molecule has 5 nitrogen and oxygen atoms in total. The van der Waals surface area contributed by atoms with Gasteiger partial charge in [0.15, 0.2) is 5.16 Å². The van der Waals surface area contributed by atoms with Gasteiger partial charge in [0.2, 0.25) is 5.91 Å². The summed E-state index contributed by atoms with van der Waals surface area (Å²) >= 11 is 3.18. The van der Waals surface area contributed by atoms with Crippen LogP contribution in [0.2, 0.25) is 0 Å². The summed E-state index contributed by atoms with van der Waals surface area (Å²) in [6, 6.07) is 4.65. The summed E-state index contributed by atoms with van der Waals surface area (Å²) < 4.78 is 2.21. The van der Waals surface area contributed by atoms with Crippen molar-refractivity contribution in [3.05, 3.63) is 28.2 Å². The van der Waals surface area contributed by atoms with Crippen LogP contribution in [0.15, 0.2) is 22.7 Å². The molecule has 22 heavy (non-hydrogen) atoms. The van der Waals surface area contributed by atoms with Crippen LogP contribution in [0.3, 0.4) is 0 Å². The zero-order valence-electron chi connectivity index (χ0n) is 12.7. The van der Waals surface area contributed by atoms with E-state index < -0.39 is 0 Å². The number of primary amides is 1. The molecule has 0 saturated heterocycles. The van der Waals surface area contributed by atoms with Gasteiger partial charge in [-0.25, -0.2) is 0 Å². The minimum Gasteiger partial charge on any atom is -0.369 e. The minimum absolute atomic E-state index is 0.174. The number of thiophene rings is 1. The van der Waals surface area contributed by atoms with E-state index in [-0.39, 0.29) is 17.1 Å². The van der Waals surface area contributed by atoms with Gasteiger partial charge in [-0.1, -0.05) is 31.7 Å². The standard InChI is InChI=1S/C15H20N4OS2/c1-9(2)13(14(16)20)22-15-18-17-12(19(15)10-5-6-10)8-11-4-3-7-21-11/h3-4,7,9-10,13H,5-6,8H2,1-2H3,(H2,16,20). The third kappa shape index (κ3) is 3.35. The van der Waals surface area contributed by atoms with Crippen LogP contribution in [0.25, 0.3) is 0 Å². The largest absolute Gasteiger partial charge is 0.369 e. The number of hydrogen-bond donors (Lipinski definition) is 1. The van der Waals surface area contributed by atoms with Crippen molar-refractivity contribution in [1.82, 2.24) is 14.8 Å². The topological polar surface area (TPSA) is 73.8 Å². The van der Waals surface area contributed by atoms with Gasteiger partial charge in [-0.3, -0.25) is 4.79 Å². The lowest BCUT2D eigenvalue weighted by molar-refractivity contribution is -0.118. The van der Waals surface area contributed by atoms with Crippen LogP contribution < -0.4 is 5.73 Å². The predicted octanol–water partition coefficient (Wildman–Crippen LogP) is 2.87. The minimum atomic E-state index is -0.287. The van der Waals surface area contributed by atoms with E-state index in [4.69, 9.17) is 5.73 Å². The van der Waals surface area contributed by atoms with Gasteiger partial charge in [0, 0.05) is 17.3 Å². The quantitative estimate of drug-likeness (QED) is 0.789. The second kappa shape index (κ2) is 6.42. The average molecular weight is 336 g/mol. The van der Waals surface area contributed by atoms with Crippen molar-refractivity contribution < 1.29 is 4.79 Å². The molecule has 1 amide bonds. The summed E-state index contributed by atoms with van der Waals surface area (Å²) in [5.74, 6) is 0.872. The molecule has 0 radical (unpaired) electrons. The first-order valence-electron chi connectivity index (χ1n) is 7.48. The maximum absolute atomic E-state index is 11.7. The molecule has 2 heterocycles. The van der Waals surface area contributed by atoms with Crippen LogP contribution >= 0.6 is 23.1 Å². The maximum atomic E-state index is 11.7. The fourth-order valence-electron chi connectivity index (χ4n) is 2.41. The van der Waals surface area contributed by atoms with Crippen LogP contribution in [-0.2, 0) is 11.2 Å². The Kier molecular flexibility index (Phi) is 4.54. The van der Waals surface area contributed by atoms with Crippen molar-refractivity contribution >= 4 is 29.0 Å². The monoisotopic (exact) mass is 336 g/mol. The van der Waals surface area contributed by atoms with E-state index in [0.29, 0.717) is 6.04 Å². The Balaban J connectivity index is 1.85. The van der Waals surface area contributed by atoms with E-state index in [0.717, 1.165) is 30.2 Å². The lowest BCUT2D eigenvalue weighted by Gasteiger charge is -2.17. The molecule has 118 valence electrons. The molecular formula is C15H20N4OS2. The number of aromatic nitrogens is 3. The van der Waals surface area contributed by atoms with Gasteiger partial charge in [0.1, 0.15) is 5.82 Å². The summed E-state index contributed by atoms with van der Waals surface area (Å²) in [4.78, 5) is 12.9. The van der Waals surface area contributed by atoms with Gasteiger partial charge in [-0.2, -0.15) is 0 Å². The molecular weight excluding hydrogens is 316 g/mol. The van der Waals surface area contributed by atoms with Crippen molar-refractivity contribution in [3.63, 3.8) is 0 Å². The number of rotatable bonds is 7. The Bertz CT molecular complexity index is 647. The van der Waals surface area contributed by atoms with Crippen LogP contribution in [0.4, 0.5) is 0 Å². The number of nitrogens with two attached hydrogens (primary N) is 1. The fourth-order valence-corrected chi connectivity index (χ4v) is 4.19. The number of carbonyl (C=O) groups is 1. The third-order valence-electron chi connectivity index (χ3n) is 3.68. The third-order valence-corrected chi connectivity index (χ3v) is 6.07. The Morgan fingerprint density at radius 1 is 1.50 bits per heavy atom. The van der Waals surface area contributed by atoms with Crippen molar-refractivity contribution in [3.8, 4) is 0 Å². The Morgan fingerprint density at radius 2 is 2.27 bits per heavy atom. The summed E-state index contributed by atoms with van der Waals surface area (Å²) in [7, 11) is 0. The zero-order valence-corrected chi connectivity index (χ0v) is 14.4. The van der Waals surface area contributed by atoms with Gasteiger partial charge in [0.05, 0.1) is 5.25 Å². The molecule has 1 aliphatic rings. The van der Waals surface area contributed by atoms with E-state index in [2.05, 4.69) is 32.3 Å². The number of carbonyl (C=O) groups excluding carboxylic acids is 1. The van der Waals surface area contributed by atoms with E-state index >= 15 is 0 Å². The van der Waals surface area contributed by atoms with Gasteiger partial charge in [-0.05, 0) is 30.2 Å². The molecule has 1 unspecified atom stereocenters. The van der Waals surface area contributed by atoms with Gasteiger partial charge >= 0.3 is 0 Å². The SMILES string of the molecule is CC(C)C(Sc1nnc(Cc2cccs2)n1C1CC1)C(N)=O. The second-order valence-corrected chi connectivity index (χ2v) is 8.08. The molecule has 1 atom stereocenters. The molecule has 0 spiro atoms. The van der Waals surface area contributed by atoms with Crippen molar-refractivity contribution in [1.29, 1.82) is 0 Å². The molecule has 3 rings (SSSR count). The summed E-state index contributed by atoms with van der Waals surface area (Å²) in [6.45, 7) is 4.01. The number of thioether (sulfide) groups is 1. The van der Waals surface area contributed by atoms with Crippen molar-refractivity contribution in [2.45, 2.75) is 49.6 Å². The first-order chi connectivity index (χ1) is 10.6. The Morgan fingerprint density at radius 3 is 2.82 bits per heavy atom. The van der Waals surface area contributed by atoms with E-state index in [9.17, 15) is 4.79 Å². The first-order valence-corrected chi connectivity index (χ1v) is 9.24. The molecule has 1 aliphatic carbocycles. The highest BCUT2D eigenvalue weighted by molar-refractivity contribution is 8.00. The molecule has 0 aromatic carbocycles. The lowest BCUT2D eigenvalue weighted by atomic mass is 10.1. The van der Waals surface area contributed by atoms with Crippen LogP contribution in [0.1, 0.15) is 43.4 Å². The van der Waals surface area contributed by atoms with Crippen LogP contribution in [0.5, 0.6) is 0 Å². The Labute approximate surface area is 138 Å². The zero-order chi connectivity index (χ0) is 15.7. The summed E-state index contributed by atoms with van der Waals surface area (Å²) in [5.41, 5.74) is 5.53. The van der Waals surface area contributed by atoms with E-state index in [1.54, 1.807) is 11.3 Å². The van der Waals surface area contributed by atoms with Gasteiger partial charge in [-0.15, -0.1) is 21.5 Å². The fraction of sp³-hybridized carbons (Fsp3) is 0.533. The van der Waals surface area contributed by atoms with Crippen molar-refractivity contribution in [2.24, 2.45) is 11.7 Å². The van der Waals surface area contributed by atoms with Crippen LogP contribution in [0, 0.1) is 5.92 Å². The molecule has 7 heteroatoms. The predicted molar refractivity (Wildman–Crippen MR) is 89.1 cm³/mol. The number of nitrogens with zero attached hydrogens (tertiary/aromatic N) is 3. The van der Waals surface area contributed by atoms with E-state index in [1.807, 2.05) is 13.8 Å². The highest BCUT2D eigenvalue weighted by atomic mass is 32.2. The summed E-state index contributed by atoms with van der Waals surface area (Å²) in [6.07, 6.45) is 3.11. The van der Waals surface area contributed by atoms with Crippen molar-refractivity contribution in [2.75, 3.05) is 0 Å². The van der Waals surface area contributed by atoms with Gasteiger partial charge in [0.25, 0.3) is 0 Å².